The number of hydrogen-bond donors (Lipinski definition) is 0. The van der Waals surface area contributed by atoms with Gasteiger partial charge in [-0.1, -0.05) is 68.1 Å². The maximum atomic E-state index is 6.18. The molecular weight excluding hydrogens is 460 g/mol. The number of aromatic nitrogens is 4. The van der Waals surface area contributed by atoms with Gasteiger partial charge in [0.15, 0.2) is 17.1 Å². The Kier molecular flexibility index (Phi) is 7.85. The Labute approximate surface area is 209 Å². The Balaban J connectivity index is 1.46. The third-order valence-corrected chi connectivity index (χ3v) is 7.48. The Morgan fingerprint density at radius 1 is 1.09 bits per heavy atom. The summed E-state index contributed by atoms with van der Waals surface area (Å²) >= 11 is 3.31. The minimum Gasteiger partial charge on any atom is -0.483 e. The standard InChI is InChI=1S/C27H30N4OS2/c1-6-15-31-25(20(5)32-23-13-11-21(12-14-23)18(2)3)29-30-27(31)34-17-22-16-33-26(28-22)24-10-8-7-9-19(24)4/h6-14,16,18,20H,1,15,17H2,2-5H3. The predicted molar refractivity (Wildman–Crippen MR) is 142 cm³/mol. The van der Waals surface area contributed by atoms with Gasteiger partial charge >= 0.3 is 0 Å². The van der Waals surface area contributed by atoms with E-state index in [4.69, 9.17) is 9.72 Å². The van der Waals surface area contributed by atoms with Crippen LogP contribution >= 0.6 is 23.1 Å². The molecule has 0 fully saturated rings. The van der Waals surface area contributed by atoms with Crippen LogP contribution in [0.25, 0.3) is 10.6 Å². The van der Waals surface area contributed by atoms with Gasteiger partial charge < -0.3 is 4.74 Å². The number of nitrogens with zero attached hydrogens (tertiary/aromatic N) is 4. The zero-order chi connectivity index (χ0) is 24.1. The van der Waals surface area contributed by atoms with Crippen molar-refractivity contribution in [2.24, 2.45) is 0 Å². The van der Waals surface area contributed by atoms with Crippen molar-refractivity contribution in [2.75, 3.05) is 0 Å². The van der Waals surface area contributed by atoms with Gasteiger partial charge in [0, 0.05) is 23.2 Å². The molecule has 2 heterocycles. The second kappa shape index (κ2) is 11.0. The maximum absolute atomic E-state index is 6.18. The van der Waals surface area contributed by atoms with Crippen LogP contribution in [0.4, 0.5) is 0 Å². The van der Waals surface area contributed by atoms with Crippen molar-refractivity contribution in [3.63, 3.8) is 0 Å². The predicted octanol–water partition coefficient (Wildman–Crippen LogP) is 7.45. The van der Waals surface area contributed by atoms with Crippen molar-refractivity contribution >= 4 is 23.1 Å². The van der Waals surface area contributed by atoms with Gasteiger partial charge in [0.1, 0.15) is 10.8 Å². The molecule has 0 aliphatic carbocycles. The highest BCUT2D eigenvalue weighted by Crippen LogP contribution is 2.31. The zero-order valence-electron chi connectivity index (χ0n) is 20.1. The number of thioether (sulfide) groups is 1. The Morgan fingerprint density at radius 3 is 2.56 bits per heavy atom. The molecule has 0 aliphatic rings. The molecule has 5 nitrogen and oxygen atoms in total. The van der Waals surface area contributed by atoms with Crippen LogP contribution in [0, 0.1) is 6.92 Å². The Bertz CT molecular complexity index is 1240. The van der Waals surface area contributed by atoms with E-state index < -0.39 is 0 Å². The fourth-order valence-electron chi connectivity index (χ4n) is 3.64. The molecule has 0 spiro atoms. The minimum absolute atomic E-state index is 0.237. The molecular formula is C27H30N4OS2. The van der Waals surface area contributed by atoms with Crippen LogP contribution in [-0.2, 0) is 12.3 Å². The second-order valence-corrected chi connectivity index (χ2v) is 10.3. The molecule has 4 rings (SSSR count). The molecule has 1 unspecified atom stereocenters. The van der Waals surface area contributed by atoms with Crippen LogP contribution in [0.3, 0.4) is 0 Å². The summed E-state index contributed by atoms with van der Waals surface area (Å²) in [4.78, 5) is 4.84. The largest absolute Gasteiger partial charge is 0.483 e. The van der Waals surface area contributed by atoms with Gasteiger partial charge in [-0.15, -0.1) is 28.1 Å². The molecule has 2 aromatic carbocycles. The number of aryl methyl sites for hydroxylation is 1. The van der Waals surface area contributed by atoms with Gasteiger partial charge in [0.25, 0.3) is 0 Å². The Morgan fingerprint density at radius 2 is 1.85 bits per heavy atom. The number of rotatable bonds is 10. The quantitative estimate of drug-likeness (QED) is 0.171. The van der Waals surface area contributed by atoms with Crippen molar-refractivity contribution in [1.29, 1.82) is 0 Å². The molecule has 176 valence electrons. The molecule has 0 radical (unpaired) electrons. The number of benzene rings is 2. The summed E-state index contributed by atoms with van der Waals surface area (Å²) in [6.07, 6.45) is 1.62. The molecule has 2 aromatic heterocycles. The van der Waals surface area contributed by atoms with E-state index in [2.05, 4.69) is 83.9 Å². The van der Waals surface area contributed by atoms with Crippen molar-refractivity contribution in [3.8, 4) is 16.3 Å². The van der Waals surface area contributed by atoms with Crippen LogP contribution in [-0.4, -0.2) is 19.7 Å². The number of thiazole rings is 1. The van der Waals surface area contributed by atoms with Gasteiger partial charge in [-0.3, -0.25) is 4.57 Å². The highest BCUT2D eigenvalue weighted by molar-refractivity contribution is 7.98. The lowest BCUT2D eigenvalue weighted by Gasteiger charge is -2.16. The van der Waals surface area contributed by atoms with Gasteiger partial charge in [-0.25, -0.2) is 4.98 Å². The maximum Gasteiger partial charge on any atom is 0.192 e. The van der Waals surface area contributed by atoms with E-state index in [-0.39, 0.29) is 6.10 Å². The number of hydrogen-bond acceptors (Lipinski definition) is 6. The lowest BCUT2D eigenvalue weighted by atomic mass is 10.0. The minimum atomic E-state index is -0.237. The first kappa shape index (κ1) is 24.2. The molecule has 7 heteroatoms. The van der Waals surface area contributed by atoms with E-state index >= 15 is 0 Å². The summed E-state index contributed by atoms with van der Waals surface area (Å²) in [6.45, 7) is 13.0. The molecule has 0 bridgehead atoms. The summed E-state index contributed by atoms with van der Waals surface area (Å²) in [7, 11) is 0. The zero-order valence-corrected chi connectivity index (χ0v) is 21.7. The summed E-state index contributed by atoms with van der Waals surface area (Å²) in [5, 5.41) is 12.9. The van der Waals surface area contributed by atoms with E-state index in [0.29, 0.717) is 12.5 Å². The SMILES string of the molecule is C=CCn1c(SCc2csc(-c3ccccc3C)n2)nnc1C(C)Oc1ccc(C(C)C)cc1. The third kappa shape index (κ3) is 5.59. The van der Waals surface area contributed by atoms with E-state index in [9.17, 15) is 0 Å². The molecule has 4 aromatic rings. The van der Waals surface area contributed by atoms with E-state index in [1.807, 2.05) is 25.1 Å². The first-order valence-corrected chi connectivity index (χ1v) is 13.3. The van der Waals surface area contributed by atoms with E-state index in [1.54, 1.807) is 23.1 Å². The smallest absolute Gasteiger partial charge is 0.192 e. The summed E-state index contributed by atoms with van der Waals surface area (Å²) in [5.41, 5.74) is 4.76. The fourth-order valence-corrected chi connectivity index (χ4v) is 5.51. The fraction of sp³-hybridized carbons (Fsp3) is 0.296. The molecule has 0 aliphatic heterocycles. The summed E-state index contributed by atoms with van der Waals surface area (Å²) in [6, 6.07) is 16.6. The average Bonchev–Trinajstić information content (AvgIpc) is 3.46. The molecule has 0 N–H and O–H groups in total. The monoisotopic (exact) mass is 490 g/mol. The van der Waals surface area contributed by atoms with Gasteiger partial charge in [-0.05, 0) is 43.0 Å². The summed E-state index contributed by atoms with van der Waals surface area (Å²) in [5.74, 6) is 2.83. The average molecular weight is 491 g/mol. The topological polar surface area (TPSA) is 52.8 Å². The van der Waals surface area contributed by atoms with Crippen LogP contribution < -0.4 is 4.74 Å². The Hall–Kier alpha value is -2.90. The number of ether oxygens (including phenoxy) is 1. The molecule has 1 atom stereocenters. The van der Waals surface area contributed by atoms with Gasteiger partial charge in [0.2, 0.25) is 0 Å². The van der Waals surface area contributed by atoms with Gasteiger partial charge in [0.05, 0.1) is 5.69 Å². The van der Waals surface area contributed by atoms with Crippen LogP contribution in [0.15, 0.2) is 71.7 Å². The molecule has 34 heavy (non-hydrogen) atoms. The van der Waals surface area contributed by atoms with Gasteiger partial charge in [-0.2, -0.15) is 0 Å². The molecule has 0 saturated carbocycles. The molecule has 0 amide bonds. The third-order valence-electron chi connectivity index (χ3n) is 5.56. The molecule has 0 saturated heterocycles. The van der Waals surface area contributed by atoms with E-state index in [1.165, 1.54) is 16.7 Å². The highest BCUT2D eigenvalue weighted by Gasteiger charge is 2.19. The first-order valence-electron chi connectivity index (χ1n) is 11.4. The second-order valence-electron chi connectivity index (χ2n) is 8.47. The van der Waals surface area contributed by atoms with Crippen molar-refractivity contribution in [3.05, 3.63) is 89.2 Å². The van der Waals surface area contributed by atoms with Crippen LogP contribution in [0.1, 0.15) is 55.4 Å². The number of allylic oxidation sites excluding steroid dienone is 1. The van der Waals surface area contributed by atoms with Crippen molar-refractivity contribution < 1.29 is 4.74 Å². The van der Waals surface area contributed by atoms with Crippen LogP contribution in [0.2, 0.25) is 0 Å². The normalized spacial score (nSPS) is 12.1. The van der Waals surface area contributed by atoms with Crippen molar-refractivity contribution in [2.45, 2.75) is 57.2 Å². The lowest BCUT2D eigenvalue weighted by Crippen LogP contribution is -2.12. The van der Waals surface area contributed by atoms with Crippen LogP contribution in [0.5, 0.6) is 5.75 Å². The first-order chi connectivity index (χ1) is 16.5. The van der Waals surface area contributed by atoms with Crippen molar-refractivity contribution in [1.82, 2.24) is 19.7 Å². The lowest BCUT2D eigenvalue weighted by molar-refractivity contribution is 0.210. The summed E-state index contributed by atoms with van der Waals surface area (Å²) < 4.78 is 8.25. The highest BCUT2D eigenvalue weighted by atomic mass is 32.2. The van der Waals surface area contributed by atoms with E-state index in [0.717, 1.165) is 33.2 Å².